The molecule has 148 valence electrons. The molecule has 1 fully saturated rings. The molecule has 2 atom stereocenters. The van der Waals surface area contributed by atoms with Crippen molar-refractivity contribution in [1.82, 2.24) is 9.47 Å². The Morgan fingerprint density at radius 2 is 1.85 bits per heavy atom. The Hall–Kier alpha value is -2.19. The fourth-order valence-electron chi connectivity index (χ4n) is 4.00. The number of amides is 2. The highest BCUT2D eigenvalue weighted by molar-refractivity contribution is 5.90. The number of carbonyl (C=O) groups is 2. The third-order valence-electron chi connectivity index (χ3n) is 5.28. The van der Waals surface area contributed by atoms with Crippen LogP contribution in [0.25, 0.3) is 0 Å². The summed E-state index contributed by atoms with van der Waals surface area (Å²) >= 11 is 0. The smallest absolute Gasteiger partial charge is 0.274 e. The van der Waals surface area contributed by atoms with Gasteiger partial charge in [0.2, 0.25) is 11.8 Å². The molecule has 8 heteroatoms. The van der Waals surface area contributed by atoms with Gasteiger partial charge in [0.1, 0.15) is 5.69 Å². The first-order valence-electron chi connectivity index (χ1n) is 9.32. The molecular weight excluding hydrogens is 350 g/mol. The van der Waals surface area contributed by atoms with E-state index in [1.54, 1.807) is 17.7 Å². The number of pyridine rings is 1. The van der Waals surface area contributed by atoms with E-state index >= 15 is 0 Å². The van der Waals surface area contributed by atoms with Crippen LogP contribution >= 0.6 is 0 Å². The van der Waals surface area contributed by atoms with E-state index in [0.717, 1.165) is 12.1 Å². The summed E-state index contributed by atoms with van der Waals surface area (Å²) in [6.07, 6.45) is 1.57. The molecule has 2 bridgehead atoms. The Balaban J connectivity index is 1.75. The van der Waals surface area contributed by atoms with Crippen molar-refractivity contribution in [3.8, 4) is 0 Å². The third kappa shape index (κ3) is 4.39. The normalized spacial score (nSPS) is 20.9. The van der Waals surface area contributed by atoms with E-state index in [1.165, 1.54) is 7.11 Å². The van der Waals surface area contributed by atoms with Crippen molar-refractivity contribution >= 4 is 17.5 Å². The lowest BCUT2D eigenvalue weighted by molar-refractivity contribution is -0.134. The lowest BCUT2D eigenvalue weighted by Gasteiger charge is -2.43. The highest BCUT2D eigenvalue weighted by Crippen LogP contribution is 2.35. The van der Waals surface area contributed by atoms with Crippen molar-refractivity contribution in [3.05, 3.63) is 28.2 Å². The number of nitrogens with one attached hydrogen (secondary N) is 1. The minimum atomic E-state index is -0.236. The van der Waals surface area contributed by atoms with E-state index in [9.17, 15) is 14.4 Å². The Morgan fingerprint density at radius 3 is 2.59 bits per heavy atom. The second-order valence-corrected chi connectivity index (χ2v) is 7.22. The average Bonchev–Trinajstić information content (AvgIpc) is 2.66. The van der Waals surface area contributed by atoms with Crippen LogP contribution in [0, 0.1) is 5.92 Å². The number of likely N-dealkylation sites (tertiary alicyclic amines) is 1. The Kier molecular flexibility index (Phi) is 6.28. The quantitative estimate of drug-likeness (QED) is 0.759. The molecule has 0 radical (unpaired) electrons. The lowest BCUT2D eigenvalue weighted by Crippen LogP contribution is -2.49. The number of piperidine rings is 1. The van der Waals surface area contributed by atoms with Crippen molar-refractivity contribution in [1.29, 1.82) is 0 Å². The Morgan fingerprint density at radius 1 is 1.11 bits per heavy atom. The number of hydrogen-bond acceptors (Lipinski definition) is 5. The molecule has 2 aliphatic heterocycles. The van der Waals surface area contributed by atoms with Crippen LogP contribution in [0.15, 0.2) is 16.9 Å². The van der Waals surface area contributed by atoms with Crippen molar-refractivity contribution in [2.24, 2.45) is 5.92 Å². The number of rotatable bonds is 7. The molecule has 1 aromatic rings. The summed E-state index contributed by atoms with van der Waals surface area (Å²) in [5, 5.41) is 2.68. The number of hydrogen-bond donors (Lipinski definition) is 1. The zero-order valence-electron chi connectivity index (χ0n) is 15.9. The van der Waals surface area contributed by atoms with E-state index in [2.05, 4.69) is 5.32 Å². The van der Waals surface area contributed by atoms with Gasteiger partial charge in [-0.25, -0.2) is 0 Å². The summed E-state index contributed by atoms with van der Waals surface area (Å²) < 4.78 is 11.7. The van der Waals surface area contributed by atoms with Crippen LogP contribution in [0.3, 0.4) is 0 Å². The Bertz CT molecular complexity index is 760. The van der Waals surface area contributed by atoms with Gasteiger partial charge in [-0.05, 0) is 24.5 Å². The van der Waals surface area contributed by atoms with Crippen LogP contribution in [-0.2, 0) is 25.6 Å². The molecule has 27 heavy (non-hydrogen) atoms. The summed E-state index contributed by atoms with van der Waals surface area (Å²) in [7, 11) is 3.12. The molecule has 2 amide bonds. The number of ether oxygens (including phenoxy) is 2. The minimum absolute atomic E-state index is 0.101. The predicted molar refractivity (Wildman–Crippen MR) is 99.7 cm³/mol. The molecule has 2 aliphatic rings. The fourth-order valence-corrected chi connectivity index (χ4v) is 4.00. The van der Waals surface area contributed by atoms with Gasteiger partial charge in [0.15, 0.2) is 0 Å². The summed E-state index contributed by atoms with van der Waals surface area (Å²) in [6, 6.07) is 3.57. The maximum absolute atomic E-state index is 12.8. The van der Waals surface area contributed by atoms with Crippen molar-refractivity contribution in [3.63, 3.8) is 0 Å². The average molecular weight is 377 g/mol. The molecule has 1 saturated heterocycles. The zero-order chi connectivity index (χ0) is 19.4. The molecule has 3 rings (SSSR count). The number of carbonyl (C=O) groups excluding carboxylic acids is 2. The van der Waals surface area contributed by atoms with Crippen LogP contribution in [0.5, 0.6) is 0 Å². The maximum atomic E-state index is 12.8. The molecular formula is C19H27N3O5. The van der Waals surface area contributed by atoms with Gasteiger partial charge in [0.25, 0.3) is 5.56 Å². The summed E-state index contributed by atoms with van der Waals surface area (Å²) in [5.74, 6) is 0.264. The summed E-state index contributed by atoms with van der Waals surface area (Å²) in [4.78, 5) is 39.0. The van der Waals surface area contributed by atoms with Crippen LogP contribution < -0.4 is 10.9 Å². The van der Waals surface area contributed by atoms with Crippen LogP contribution in [0.4, 0.5) is 5.69 Å². The van der Waals surface area contributed by atoms with Gasteiger partial charge in [0.05, 0.1) is 26.1 Å². The second-order valence-electron chi connectivity index (χ2n) is 7.22. The number of methoxy groups -OCH3 is 2. The number of aromatic nitrogens is 1. The molecule has 1 aromatic heterocycles. The maximum Gasteiger partial charge on any atom is 0.274 e. The number of fused-ring (bicyclic) bond motifs is 4. The van der Waals surface area contributed by atoms with Crippen molar-refractivity contribution < 1.29 is 19.1 Å². The molecule has 8 nitrogen and oxygen atoms in total. The van der Waals surface area contributed by atoms with Crippen molar-refractivity contribution in [2.75, 3.05) is 45.8 Å². The van der Waals surface area contributed by atoms with Gasteiger partial charge in [-0.2, -0.15) is 0 Å². The van der Waals surface area contributed by atoms with Gasteiger partial charge in [0, 0.05) is 45.5 Å². The van der Waals surface area contributed by atoms with E-state index in [0.29, 0.717) is 45.0 Å². The van der Waals surface area contributed by atoms with Crippen LogP contribution in [-0.4, -0.2) is 61.8 Å². The van der Waals surface area contributed by atoms with E-state index in [1.807, 2.05) is 11.0 Å². The zero-order valence-corrected chi connectivity index (χ0v) is 15.9. The summed E-state index contributed by atoms with van der Waals surface area (Å²) in [6.45, 7) is 2.59. The Labute approximate surface area is 158 Å². The van der Waals surface area contributed by atoms with E-state index < -0.39 is 0 Å². The monoisotopic (exact) mass is 377 g/mol. The van der Waals surface area contributed by atoms with Gasteiger partial charge >= 0.3 is 0 Å². The first kappa shape index (κ1) is 19.6. The van der Waals surface area contributed by atoms with E-state index in [-0.39, 0.29) is 35.6 Å². The minimum Gasteiger partial charge on any atom is -0.384 e. The molecule has 3 heterocycles. The standard InChI is InChI=1S/C19H27N3O5/c1-26-7-5-17(23)20-15-3-4-16-14-9-13(11-22(16)19(15)25)10-21(12-14)18(24)6-8-27-2/h3-4,13-14H,5-12H2,1-2H3,(H,20,23). The first-order valence-corrected chi connectivity index (χ1v) is 9.32. The second kappa shape index (κ2) is 8.67. The molecule has 0 saturated carbocycles. The van der Waals surface area contributed by atoms with Crippen LogP contribution in [0.2, 0.25) is 0 Å². The highest BCUT2D eigenvalue weighted by Gasteiger charge is 2.36. The van der Waals surface area contributed by atoms with Gasteiger partial charge in [-0.15, -0.1) is 0 Å². The topological polar surface area (TPSA) is 89.9 Å². The molecule has 0 aliphatic carbocycles. The van der Waals surface area contributed by atoms with Gasteiger partial charge in [-0.3, -0.25) is 14.4 Å². The van der Waals surface area contributed by atoms with E-state index in [4.69, 9.17) is 9.47 Å². The first-order chi connectivity index (χ1) is 13.0. The molecule has 0 spiro atoms. The predicted octanol–water partition coefficient (Wildman–Crippen LogP) is 0.805. The van der Waals surface area contributed by atoms with Gasteiger partial charge < -0.3 is 24.3 Å². The molecule has 2 unspecified atom stereocenters. The lowest BCUT2D eigenvalue weighted by atomic mass is 9.83. The summed E-state index contributed by atoms with van der Waals surface area (Å²) in [5.41, 5.74) is 1.07. The largest absolute Gasteiger partial charge is 0.384 e. The van der Waals surface area contributed by atoms with Crippen LogP contribution in [0.1, 0.15) is 30.9 Å². The fraction of sp³-hybridized carbons (Fsp3) is 0.632. The SMILES string of the molecule is COCCC(=O)Nc1ccc2n(c1=O)CC1CC2CN(C(=O)CCOC)C1. The third-order valence-corrected chi connectivity index (χ3v) is 5.28. The van der Waals surface area contributed by atoms with Crippen molar-refractivity contribution in [2.45, 2.75) is 31.7 Å². The molecule has 0 aromatic carbocycles. The van der Waals surface area contributed by atoms with Gasteiger partial charge in [-0.1, -0.05) is 0 Å². The molecule has 1 N–H and O–H groups in total. The number of nitrogens with zero attached hydrogens (tertiary/aromatic N) is 2. The number of anilines is 1. The highest BCUT2D eigenvalue weighted by atomic mass is 16.5.